The van der Waals surface area contributed by atoms with Gasteiger partial charge in [0.2, 0.25) is 5.88 Å². The number of hydrogen-bond donors (Lipinski definition) is 3. The molecule has 2 aromatic heterocycles. The van der Waals surface area contributed by atoms with Crippen LogP contribution in [0.3, 0.4) is 0 Å². The molecule has 1 fully saturated rings. The molecule has 0 bridgehead atoms. The van der Waals surface area contributed by atoms with Crippen LogP contribution in [0.25, 0.3) is 21.9 Å². The third-order valence-corrected chi connectivity index (χ3v) is 5.40. The molecular formula is C23H26N2O5. The normalized spacial score (nSPS) is 16.0. The second-order valence-electron chi connectivity index (χ2n) is 7.63. The van der Waals surface area contributed by atoms with Crippen molar-refractivity contribution in [2.75, 3.05) is 26.4 Å². The van der Waals surface area contributed by atoms with Crippen LogP contribution in [0.15, 0.2) is 36.5 Å². The van der Waals surface area contributed by atoms with Crippen molar-refractivity contribution in [2.24, 2.45) is 0 Å². The summed E-state index contributed by atoms with van der Waals surface area (Å²) in [4.78, 5) is 9.20. The summed E-state index contributed by atoms with van der Waals surface area (Å²) in [7, 11) is 0. The maximum Gasteiger partial charge on any atom is 0.221 e. The molecule has 0 spiro atoms. The number of aliphatic hydroxyl groups is 2. The zero-order chi connectivity index (χ0) is 21.1. The number of ether oxygens (including phenoxy) is 2. The fraction of sp³-hybridized carbons (Fsp3) is 0.391. The van der Waals surface area contributed by atoms with Gasteiger partial charge in [-0.15, -0.1) is 0 Å². The molecule has 7 nitrogen and oxygen atoms in total. The average Bonchev–Trinajstić information content (AvgIpc) is 2.77. The third kappa shape index (κ3) is 4.23. The number of phenolic OH excluding ortho intramolecular Hbond substituents is 1. The van der Waals surface area contributed by atoms with Gasteiger partial charge in [0.25, 0.3) is 0 Å². The van der Waals surface area contributed by atoms with Gasteiger partial charge in [0.15, 0.2) is 0 Å². The van der Waals surface area contributed by atoms with Gasteiger partial charge in [-0.05, 0) is 61.0 Å². The van der Waals surface area contributed by atoms with E-state index in [0.29, 0.717) is 24.5 Å². The Hall–Kier alpha value is -2.74. The molecule has 4 rings (SSSR count). The summed E-state index contributed by atoms with van der Waals surface area (Å²) in [6.45, 7) is 2.81. The molecule has 0 radical (unpaired) electrons. The molecule has 1 atom stereocenters. The Labute approximate surface area is 174 Å². The van der Waals surface area contributed by atoms with E-state index in [1.807, 2.05) is 25.1 Å². The molecular weight excluding hydrogens is 384 g/mol. The summed E-state index contributed by atoms with van der Waals surface area (Å²) in [5, 5.41) is 30.6. The number of aromatic nitrogens is 2. The third-order valence-electron chi connectivity index (χ3n) is 5.40. The van der Waals surface area contributed by atoms with Crippen LogP contribution in [0.2, 0.25) is 0 Å². The molecule has 7 heteroatoms. The lowest BCUT2D eigenvalue weighted by Gasteiger charge is -2.26. The van der Waals surface area contributed by atoms with Crippen LogP contribution in [-0.2, 0) is 4.74 Å². The molecule has 3 heterocycles. The average molecular weight is 410 g/mol. The van der Waals surface area contributed by atoms with E-state index in [9.17, 15) is 10.2 Å². The largest absolute Gasteiger partial charge is 0.508 e. The quantitative estimate of drug-likeness (QED) is 0.574. The minimum atomic E-state index is -1.01. The monoisotopic (exact) mass is 410 g/mol. The SMILES string of the molecule is Cc1cc(-c2c(C3CCOCC3)nc(OC[C@@H](O)CO)c3cc(O)ccc23)ccn1. The molecule has 158 valence electrons. The number of pyridine rings is 2. The first kappa shape index (κ1) is 20.5. The first-order valence-electron chi connectivity index (χ1n) is 10.2. The Morgan fingerprint density at radius 1 is 1.17 bits per heavy atom. The van der Waals surface area contributed by atoms with Gasteiger partial charge in [0.05, 0.1) is 12.3 Å². The number of phenols is 1. The predicted molar refractivity (Wildman–Crippen MR) is 113 cm³/mol. The summed E-state index contributed by atoms with van der Waals surface area (Å²) < 4.78 is 11.3. The van der Waals surface area contributed by atoms with Crippen molar-refractivity contribution in [3.8, 4) is 22.8 Å². The zero-order valence-corrected chi connectivity index (χ0v) is 16.9. The highest BCUT2D eigenvalue weighted by Crippen LogP contribution is 2.42. The first-order chi connectivity index (χ1) is 14.6. The van der Waals surface area contributed by atoms with Crippen LogP contribution >= 0.6 is 0 Å². The Morgan fingerprint density at radius 3 is 2.70 bits per heavy atom. The predicted octanol–water partition coefficient (Wildman–Crippen LogP) is 2.94. The van der Waals surface area contributed by atoms with Gasteiger partial charge in [0.1, 0.15) is 18.5 Å². The number of aliphatic hydroxyl groups excluding tert-OH is 2. The molecule has 3 N–H and O–H groups in total. The van der Waals surface area contributed by atoms with Gasteiger partial charge in [0, 0.05) is 42.0 Å². The van der Waals surface area contributed by atoms with E-state index in [2.05, 4.69) is 4.98 Å². The highest BCUT2D eigenvalue weighted by atomic mass is 16.5. The van der Waals surface area contributed by atoms with Crippen LogP contribution in [0.1, 0.15) is 30.1 Å². The zero-order valence-electron chi connectivity index (χ0n) is 16.9. The van der Waals surface area contributed by atoms with Crippen molar-refractivity contribution in [3.05, 3.63) is 47.9 Å². The molecule has 30 heavy (non-hydrogen) atoms. The summed E-state index contributed by atoms with van der Waals surface area (Å²) in [5.74, 6) is 0.641. The van der Waals surface area contributed by atoms with Crippen LogP contribution in [0.5, 0.6) is 11.6 Å². The van der Waals surface area contributed by atoms with Crippen molar-refractivity contribution in [2.45, 2.75) is 31.8 Å². The molecule has 0 aliphatic carbocycles. The molecule has 0 amide bonds. The summed E-state index contributed by atoms with van der Waals surface area (Å²) in [5.41, 5.74) is 3.82. The first-order valence-corrected chi connectivity index (χ1v) is 10.2. The van der Waals surface area contributed by atoms with Crippen molar-refractivity contribution < 1.29 is 24.8 Å². The minimum absolute atomic E-state index is 0.0881. The maximum atomic E-state index is 10.1. The van der Waals surface area contributed by atoms with Gasteiger partial charge in [-0.2, -0.15) is 0 Å². The maximum absolute atomic E-state index is 10.1. The Morgan fingerprint density at radius 2 is 1.97 bits per heavy atom. The van der Waals surface area contributed by atoms with Crippen molar-refractivity contribution in [3.63, 3.8) is 0 Å². The number of aryl methyl sites for hydroxylation is 1. The molecule has 0 saturated carbocycles. The lowest BCUT2D eigenvalue weighted by atomic mass is 9.87. The van der Waals surface area contributed by atoms with Crippen LogP contribution < -0.4 is 4.74 Å². The van der Waals surface area contributed by atoms with Crippen LogP contribution in [0, 0.1) is 6.92 Å². The second kappa shape index (κ2) is 8.95. The lowest BCUT2D eigenvalue weighted by molar-refractivity contribution is 0.0524. The van der Waals surface area contributed by atoms with E-state index in [4.69, 9.17) is 19.6 Å². The topological polar surface area (TPSA) is 105 Å². The van der Waals surface area contributed by atoms with Crippen LogP contribution in [-0.4, -0.2) is 57.8 Å². The van der Waals surface area contributed by atoms with E-state index < -0.39 is 12.7 Å². The molecule has 1 aromatic carbocycles. The van der Waals surface area contributed by atoms with E-state index >= 15 is 0 Å². The lowest BCUT2D eigenvalue weighted by Crippen LogP contribution is -2.22. The number of hydrogen-bond acceptors (Lipinski definition) is 7. The van der Waals surface area contributed by atoms with Gasteiger partial charge in [-0.25, -0.2) is 4.98 Å². The molecule has 1 aliphatic rings. The van der Waals surface area contributed by atoms with Gasteiger partial charge in [-0.3, -0.25) is 4.98 Å². The summed E-state index contributed by atoms with van der Waals surface area (Å²) in [6, 6.07) is 9.14. The molecule has 0 unspecified atom stereocenters. The Kier molecular flexibility index (Phi) is 6.13. The number of benzene rings is 1. The van der Waals surface area contributed by atoms with Crippen molar-refractivity contribution >= 4 is 10.8 Å². The second-order valence-corrected chi connectivity index (χ2v) is 7.63. The van der Waals surface area contributed by atoms with E-state index in [1.54, 1.807) is 18.3 Å². The van der Waals surface area contributed by atoms with E-state index in [-0.39, 0.29) is 18.3 Å². The fourth-order valence-corrected chi connectivity index (χ4v) is 3.90. The van der Waals surface area contributed by atoms with Gasteiger partial charge in [-0.1, -0.05) is 0 Å². The number of aromatic hydroxyl groups is 1. The smallest absolute Gasteiger partial charge is 0.221 e. The summed E-state index contributed by atoms with van der Waals surface area (Å²) in [6.07, 6.45) is 2.49. The number of fused-ring (bicyclic) bond motifs is 1. The van der Waals surface area contributed by atoms with Crippen LogP contribution in [0.4, 0.5) is 0 Å². The Balaban J connectivity index is 1.94. The highest BCUT2D eigenvalue weighted by Gasteiger charge is 2.25. The minimum Gasteiger partial charge on any atom is -0.508 e. The summed E-state index contributed by atoms with van der Waals surface area (Å²) >= 11 is 0. The number of nitrogens with zero attached hydrogens (tertiary/aromatic N) is 2. The van der Waals surface area contributed by atoms with Gasteiger partial charge < -0.3 is 24.8 Å². The Bertz CT molecular complexity index is 1030. The fourth-order valence-electron chi connectivity index (χ4n) is 3.90. The van der Waals surface area contributed by atoms with Crippen molar-refractivity contribution in [1.82, 2.24) is 9.97 Å². The van der Waals surface area contributed by atoms with Gasteiger partial charge >= 0.3 is 0 Å². The standard InChI is InChI=1S/C23H26N2O5/c1-14-10-16(4-7-24-14)21-19-3-2-17(27)11-20(19)23(30-13-18(28)12-26)25-22(21)15-5-8-29-9-6-15/h2-4,7,10-11,15,18,26-28H,5-6,8-9,12-13H2,1H3/t18-/m0/s1. The van der Waals surface area contributed by atoms with Crippen molar-refractivity contribution in [1.29, 1.82) is 0 Å². The number of rotatable bonds is 6. The molecule has 1 aliphatic heterocycles. The highest BCUT2D eigenvalue weighted by molar-refractivity contribution is 6.01. The molecule has 1 saturated heterocycles. The molecule has 3 aromatic rings. The van der Waals surface area contributed by atoms with E-state index in [0.717, 1.165) is 40.7 Å². The van der Waals surface area contributed by atoms with E-state index in [1.165, 1.54) is 0 Å².